The molecule has 4 rings (SSSR count). The molecule has 0 spiro atoms. The van der Waals surface area contributed by atoms with E-state index in [2.05, 4.69) is 5.32 Å². The van der Waals surface area contributed by atoms with Crippen LogP contribution in [0.1, 0.15) is 36.0 Å². The quantitative estimate of drug-likeness (QED) is 0.466. The number of nitrogens with two attached hydrogens (primary N) is 1. The molecule has 5 N–H and O–H groups in total. The molecule has 1 aliphatic carbocycles. The normalized spacial score (nSPS) is 18.4. The number of amides is 1. The Morgan fingerprint density at radius 2 is 1.68 bits per heavy atom. The van der Waals surface area contributed by atoms with Gasteiger partial charge in [0.1, 0.15) is 17.2 Å². The van der Waals surface area contributed by atoms with Crippen molar-refractivity contribution in [2.45, 2.75) is 37.8 Å². The number of aromatic hydroxyl groups is 1. The Morgan fingerprint density at radius 3 is 2.39 bits per heavy atom. The molecule has 6 nitrogen and oxygen atoms in total. The van der Waals surface area contributed by atoms with Gasteiger partial charge in [0.2, 0.25) is 0 Å². The maximum absolute atomic E-state index is 12.0. The van der Waals surface area contributed by atoms with Crippen LogP contribution < -0.4 is 15.8 Å². The second-order valence-electron chi connectivity index (χ2n) is 7.87. The number of ether oxygens (including phenoxy) is 1. The maximum Gasteiger partial charge on any atom is 0.250 e. The number of rotatable bonds is 6. The maximum atomic E-state index is 12.0. The van der Waals surface area contributed by atoms with Gasteiger partial charge in [-0.1, -0.05) is 24.3 Å². The monoisotopic (exact) mass is 418 g/mol. The Bertz CT molecular complexity index is 1060. The van der Waals surface area contributed by atoms with Gasteiger partial charge in [0.25, 0.3) is 5.91 Å². The summed E-state index contributed by atoms with van der Waals surface area (Å²) in [4.78, 5) is 12.0. The summed E-state index contributed by atoms with van der Waals surface area (Å²) >= 11 is 0. The van der Waals surface area contributed by atoms with Crippen molar-refractivity contribution in [3.63, 3.8) is 0 Å². The summed E-state index contributed by atoms with van der Waals surface area (Å²) in [6, 6.07) is 19.9. The standard InChI is InChI=1S/C25H26N2O4/c26-25(30)22-14-5-16(15-23(22)27-17-6-8-18(28)9-7-17)21-3-1-2-4-24(21)31-20-12-10-19(29)11-13-20/h1-5,10-15,17-18,27-29H,6-9H2,(H2,26,30)/t17-,18-. The molecule has 0 aromatic heterocycles. The van der Waals surface area contributed by atoms with Crippen LogP contribution in [0, 0.1) is 0 Å². The average Bonchev–Trinajstić information content (AvgIpc) is 2.77. The minimum Gasteiger partial charge on any atom is -0.508 e. The third-order valence-electron chi connectivity index (χ3n) is 5.60. The second kappa shape index (κ2) is 9.10. The summed E-state index contributed by atoms with van der Waals surface area (Å²) in [5.74, 6) is 0.956. The van der Waals surface area contributed by atoms with E-state index in [0.717, 1.165) is 36.8 Å². The van der Waals surface area contributed by atoms with Crippen molar-refractivity contribution in [1.82, 2.24) is 0 Å². The van der Waals surface area contributed by atoms with Gasteiger partial charge in [0, 0.05) is 17.3 Å². The summed E-state index contributed by atoms with van der Waals surface area (Å²) in [6.45, 7) is 0. The number of aliphatic hydroxyl groups is 1. The molecular formula is C25H26N2O4. The van der Waals surface area contributed by atoms with E-state index in [-0.39, 0.29) is 17.9 Å². The van der Waals surface area contributed by atoms with Gasteiger partial charge < -0.3 is 26.0 Å². The molecule has 0 heterocycles. The Labute approximate surface area is 181 Å². The van der Waals surface area contributed by atoms with Crippen molar-refractivity contribution in [2.75, 3.05) is 5.32 Å². The van der Waals surface area contributed by atoms with E-state index in [4.69, 9.17) is 10.5 Å². The number of anilines is 1. The molecule has 1 fully saturated rings. The Balaban J connectivity index is 1.65. The Morgan fingerprint density at radius 1 is 0.968 bits per heavy atom. The van der Waals surface area contributed by atoms with Gasteiger partial charge >= 0.3 is 0 Å². The first-order valence-corrected chi connectivity index (χ1v) is 10.4. The Kier molecular flexibility index (Phi) is 6.09. The Hall–Kier alpha value is -3.51. The van der Waals surface area contributed by atoms with E-state index in [0.29, 0.717) is 22.7 Å². The number of para-hydroxylation sites is 1. The fourth-order valence-electron chi connectivity index (χ4n) is 3.92. The highest BCUT2D eigenvalue weighted by Gasteiger charge is 2.21. The van der Waals surface area contributed by atoms with Crippen LogP contribution in [0.3, 0.4) is 0 Å². The van der Waals surface area contributed by atoms with Gasteiger partial charge in [-0.2, -0.15) is 0 Å². The van der Waals surface area contributed by atoms with E-state index in [9.17, 15) is 15.0 Å². The molecule has 6 heteroatoms. The molecule has 0 saturated heterocycles. The molecule has 0 atom stereocenters. The number of carbonyl (C=O) groups excluding carboxylic acids is 1. The van der Waals surface area contributed by atoms with Crippen LogP contribution in [-0.2, 0) is 0 Å². The molecule has 0 unspecified atom stereocenters. The number of aliphatic hydroxyl groups excluding tert-OH is 1. The topological polar surface area (TPSA) is 105 Å². The highest BCUT2D eigenvalue weighted by molar-refractivity contribution is 5.99. The number of hydrogen-bond acceptors (Lipinski definition) is 5. The summed E-state index contributed by atoms with van der Waals surface area (Å²) < 4.78 is 6.05. The zero-order valence-electron chi connectivity index (χ0n) is 17.1. The molecule has 1 aliphatic rings. The molecule has 0 aliphatic heterocycles. The summed E-state index contributed by atoms with van der Waals surface area (Å²) in [7, 11) is 0. The summed E-state index contributed by atoms with van der Waals surface area (Å²) in [5, 5.41) is 22.7. The molecule has 3 aromatic rings. The SMILES string of the molecule is NC(=O)c1ccc(-c2ccccc2Oc2ccc(O)cc2)cc1N[C@H]1CC[C@H](O)CC1. The molecule has 1 saturated carbocycles. The van der Waals surface area contributed by atoms with Gasteiger partial charge in [-0.3, -0.25) is 4.79 Å². The van der Waals surface area contributed by atoms with Crippen molar-refractivity contribution in [1.29, 1.82) is 0 Å². The molecule has 0 bridgehead atoms. The molecule has 1 amide bonds. The molecule has 31 heavy (non-hydrogen) atoms. The number of carbonyl (C=O) groups is 1. The van der Waals surface area contributed by atoms with Crippen molar-refractivity contribution in [2.24, 2.45) is 5.73 Å². The number of phenolic OH excluding ortho intramolecular Hbond substituents is 1. The van der Waals surface area contributed by atoms with Crippen molar-refractivity contribution >= 4 is 11.6 Å². The summed E-state index contributed by atoms with van der Waals surface area (Å²) in [6.07, 6.45) is 2.91. The molecule has 0 radical (unpaired) electrons. The van der Waals surface area contributed by atoms with Gasteiger partial charge in [0.15, 0.2) is 0 Å². The molecule has 3 aromatic carbocycles. The predicted molar refractivity (Wildman–Crippen MR) is 120 cm³/mol. The number of primary amides is 1. The lowest BCUT2D eigenvalue weighted by Crippen LogP contribution is -2.29. The largest absolute Gasteiger partial charge is 0.508 e. The van der Waals surface area contributed by atoms with Crippen molar-refractivity contribution in [3.8, 4) is 28.4 Å². The van der Waals surface area contributed by atoms with Gasteiger partial charge in [0.05, 0.1) is 11.7 Å². The number of nitrogens with one attached hydrogen (secondary N) is 1. The third kappa shape index (κ3) is 4.98. The van der Waals surface area contributed by atoms with Crippen molar-refractivity contribution < 1.29 is 19.7 Å². The number of benzene rings is 3. The van der Waals surface area contributed by atoms with Crippen LogP contribution in [0.4, 0.5) is 5.69 Å². The highest BCUT2D eigenvalue weighted by Crippen LogP contribution is 2.36. The lowest BCUT2D eigenvalue weighted by molar-refractivity contribution is 0.100. The van der Waals surface area contributed by atoms with Crippen molar-refractivity contribution in [3.05, 3.63) is 72.3 Å². The highest BCUT2D eigenvalue weighted by atomic mass is 16.5. The average molecular weight is 418 g/mol. The fraction of sp³-hybridized carbons (Fsp3) is 0.240. The van der Waals surface area contributed by atoms with Gasteiger partial charge in [-0.25, -0.2) is 0 Å². The van der Waals surface area contributed by atoms with Gasteiger partial charge in [-0.15, -0.1) is 0 Å². The fourth-order valence-corrected chi connectivity index (χ4v) is 3.92. The van der Waals surface area contributed by atoms with Crippen LogP contribution in [-0.4, -0.2) is 28.3 Å². The van der Waals surface area contributed by atoms with E-state index in [1.807, 2.05) is 36.4 Å². The summed E-state index contributed by atoms with van der Waals surface area (Å²) in [5.41, 5.74) is 8.49. The van der Waals surface area contributed by atoms with Gasteiger partial charge in [-0.05, 0) is 73.7 Å². The van der Waals surface area contributed by atoms with E-state index >= 15 is 0 Å². The second-order valence-corrected chi connectivity index (χ2v) is 7.87. The minimum atomic E-state index is -0.487. The predicted octanol–water partition coefficient (Wildman–Crippen LogP) is 4.67. The van der Waals surface area contributed by atoms with Crippen LogP contribution in [0.15, 0.2) is 66.7 Å². The van der Waals surface area contributed by atoms with Crippen LogP contribution >= 0.6 is 0 Å². The van der Waals surface area contributed by atoms with Crippen LogP contribution in [0.2, 0.25) is 0 Å². The first kappa shape index (κ1) is 20.8. The molecular weight excluding hydrogens is 392 g/mol. The van der Waals surface area contributed by atoms with Crippen LogP contribution in [0.25, 0.3) is 11.1 Å². The number of hydrogen-bond donors (Lipinski definition) is 4. The van der Waals surface area contributed by atoms with E-state index in [1.54, 1.807) is 30.3 Å². The smallest absolute Gasteiger partial charge is 0.250 e. The lowest BCUT2D eigenvalue weighted by Gasteiger charge is -2.28. The molecule has 160 valence electrons. The first-order valence-electron chi connectivity index (χ1n) is 10.4. The minimum absolute atomic E-state index is 0.175. The number of phenols is 1. The van der Waals surface area contributed by atoms with E-state index < -0.39 is 5.91 Å². The third-order valence-corrected chi connectivity index (χ3v) is 5.60. The van der Waals surface area contributed by atoms with E-state index in [1.165, 1.54) is 0 Å². The lowest BCUT2D eigenvalue weighted by atomic mass is 9.92. The van der Waals surface area contributed by atoms with Crippen LogP contribution in [0.5, 0.6) is 17.2 Å². The zero-order chi connectivity index (χ0) is 21.8. The zero-order valence-corrected chi connectivity index (χ0v) is 17.1. The first-order chi connectivity index (χ1) is 15.0.